The molecular formula is C31H36N2. The van der Waals surface area contributed by atoms with Crippen LogP contribution < -0.4 is 9.80 Å². The van der Waals surface area contributed by atoms with Crippen molar-refractivity contribution in [2.75, 3.05) is 29.6 Å². The van der Waals surface area contributed by atoms with Crippen molar-refractivity contribution in [3.05, 3.63) is 72.8 Å². The van der Waals surface area contributed by atoms with Crippen molar-refractivity contribution in [2.45, 2.75) is 41.5 Å². The second-order valence-corrected chi connectivity index (χ2v) is 12.0. The van der Waals surface area contributed by atoms with Crippen LogP contribution in [0.3, 0.4) is 0 Å². The van der Waals surface area contributed by atoms with E-state index in [-0.39, 0.29) is 10.8 Å². The fourth-order valence-corrected chi connectivity index (χ4v) is 5.35. The zero-order chi connectivity index (χ0) is 23.4. The lowest BCUT2D eigenvalue weighted by Gasteiger charge is -2.38. The number of fused-ring (bicyclic) bond motifs is 7. The standard InChI is InChI=1S/C31H36N2/c1-30(2,3)19-32-21-33(20-31(4,5)6)27-18-16-23-12-8-10-14-25(23)29(27)28-24-13-9-7-11-22(24)15-17-26(28)32/h7-18H,19-21H2,1-6H3. The Labute approximate surface area is 198 Å². The minimum atomic E-state index is 0.189. The molecule has 33 heavy (non-hydrogen) atoms. The smallest absolute Gasteiger partial charge is 0.0903 e. The average Bonchev–Trinajstić information content (AvgIpc) is 2.86. The first-order valence-electron chi connectivity index (χ1n) is 12.1. The lowest BCUT2D eigenvalue weighted by molar-refractivity contribution is 0.388. The number of hydrogen-bond donors (Lipinski definition) is 0. The van der Waals surface area contributed by atoms with E-state index in [0.717, 1.165) is 19.8 Å². The van der Waals surface area contributed by atoms with E-state index in [2.05, 4.69) is 124 Å². The molecule has 2 heteroatoms. The molecule has 2 nitrogen and oxygen atoms in total. The Morgan fingerprint density at radius 3 is 1.33 bits per heavy atom. The first kappa shape index (κ1) is 21.8. The molecule has 0 aromatic heterocycles. The van der Waals surface area contributed by atoms with Crippen LogP contribution in [0.1, 0.15) is 41.5 Å². The van der Waals surface area contributed by atoms with Crippen molar-refractivity contribution in [3.8, 4) is 11.1 Å². The summed E-state index contributed by atoms with van der Waals surface area (Å²) in [4.78, 5) is 5.23. The van der Waals surface area contributed by atoms with Gasteiger partial charge in [0.15, 0.2) is 0 Å². The SMILES string of the molecule is CC(C)(C)CN1CN(CC(C)(C)C)c2ccc3ccccc3c2-c2c1ccc1ccccc21. The van der Waals surface area contributed by atoms with Gasteiger partial charge in [-0.15, -0.1) is 0 Å². The van der Waals surface area contributed by atoms with Gasteiger partial charge < -0.3 is 9.80 Å². The second kappa shape index (κ2) is 7.80. The normalized spacial score (nSPS) is 14.4. The van der Waals surface area contributed by atoms with Crippen LogP contribution in [0.15, 0.2) is 72.8 Å². The number of anilines is 2. The van der Waals surface area contributed by atoms with Crippen LogP contribution in [0.2, 0.25) is 0 Å². The van der Waals surface area contributed by atoms with Gasteiger partial charge in [-0.2, -0.15) is 0 Å². The Morgan fingerprint density at radius 2 is 0.939 bits per heavy atom. The van der Waals surface area contributed by atoms with Crippen molar-refractivity contribution in [3.63, 3.8) is 0 Å². The summed E-state index contributed by atoms with van der Waals surface area (Å²) < 4.78 is 0. The topological polar surface area (TPSA) is 6.48 Å². The molecule has 4 aromatic carbocycles. The molecule has 0 saturated carbocycles. The lowest BCUT2D eigenvalue weighted by atomic mass is 9.89. The van der Waals surface area contributed by atoms with Crippen LogP contribution in [-0.2, 0) is 0 Å². The highest BCUT2D eigenvalue weighted by Gasteiger charge is 2.31. The van der Waals surface area contributed by atoms with Gasteiger partial charge in [-0.1, -0.05) is 102 Å². The molecule has 0 saturated heterocycles. The lowest BCUT2D eigenvalue weighted by Crippen LogP contribution is -2.44. The first-order chi connectivity index (χ1) is 15.6. The first-order valence-corrected chi connectivity index (χ1v) is 12.1. The minimum absolute atomic E-state index is 0.189. The van der Waals surface area contributed by atoms with E-state index in [1.165, 1.54) is 44.0 Å². The zero-order valence-electron chi connectivity index (χ0n) is 20.9. The Morgan fingerprint density at radius 1 is 0.545 bits per heavy atom. The maximum absolute atomic E-state index is 2.61. The third kappa shape index (κ3) is 4.19. The zero-order valence-corrected chi connectivity index (χ0v) is 20.9. The van der Waals surface area contributed by atoms with Crippen LogP contribution in [0, 0.1) is 10.8 Å². The monoisotopic (exact) mass is 436 g/mol. The third-order valence-corrected chi connectivity index (χ3v) is 6.42. The molecule has 1 aliphatic heterocycles. The molecule has 170 valence electrons. The molecule has 0 unspecified atom stereocenters. The van der Waals surface area contributed by atoms with E-state index < -0.39 is 0 Å². The van der Waals surface area contributed by atoms with Gasteiger partial charge in [0.1, 0.15) is 0 Å². The fourth-order valence-electron chi connectivity index (χ4n) is 5.35. The van der Waals surface area contributed by atoms with Crippen molar-refractivity contribution in [2.24, 2.45) is 10.8 Å². The summed E-state index contributed by atoms with van der Waals surface area (Å²) in [6.07, 6.45) is 0. The predicted octanol–water partition coefficient (Wildman–Crippen LogP) is 8.34. The van der Waals surface area contributed by atoms with Crippen LogP contribution in [0.25, 0.3) is 32.7 Å². The number of rotatable bonds is 2. The molecule has 0 N–H and O–H groups in total. The summed E-state index contributed by atoms with van der Waals surface area (Å²) in [7, 11) is 0. The Hall–Kier alpha value is -3.00. The molecule has 1 heterocycles. The molecule has 0 spiro atoms. The molecule has 0 fully saturated rings. The third-order valence-electron chi connectivity index (χ3n) is 6.42. The Balaban J connectivity index is 1.89. The highest BCUT2D eigenvalue weighted by atomic mass is 15.3. The molecule has 0 amide bonds. The molecular weight excluding hydrogens is 400 g/mol. The van der Waals surface area contributed by atoms with E-state index in [4.69, 9.17) is 0 Å². The number of nitrogens with zero attached hydrogens (tertiary/aromatic N) is 2. The summed E-state index contributed by atoms with van der Waals surface area (Å²) in [5, 5.41) is 5.28. The van der Waals surface area contributed by atoms with Crippen molar-refractivity contribution < 1.29 is 0 Å². The number of benzene rings is 4. The highest BCUT2D eigenvalue weighted by Crippen LogP contribution is 2.48. The quantitative estimate of drug-likeness (QED) is 0.311. The molecule has 0 radical (unpaired) electrons. The fraction of sp³-hybridized carbons (Fsp3) is 0.355. The van der Waals surface area contributed by atoms with Gasteiger partial charge in [0.05, 0.1) is 6.67 Å². The summed E-state index contributed by atoms with van der Waals surface area (Å²) >= 11 is 0. The van der Waals surface area contributed by atoms with Gasteiger partial charge in [0, 0.05) is 35.6 Å². The molecule has 4 aromatic rings. The largest absolute Gasteiger partial charge is 0.353 e. The predicted molar refractivity (Wildman–Crippen MR) is 145 cm³/mol. The van der Waals surface area contributed by atoms with Gasteiger partial charge in [-0.05, 0) is 44.5 Å². The minimum Gasteiger partial charge on any atom is -0.353 e. The van der Waals surface area contributed by atoms with E-state index >= 15 is 0 Å². The van der Waals surface area contributed by atoms with Crippen LogP contribution in [0.5, 0.6) is 0 Å². The van der Waals surface area contributed by atoms with Crippen LogP contribution in [-0.4, -0.2) is 19.8 Å². The van der Waals surface area contributed by atoms with E-state index in [1.54, 1.807) is 0 Å². The van der Waals surface area contributed by atoms with E-state index in [0.29, 0.717) is 0 Å². The summed E-state index contributed by atoms with van der Waals surface area (Å²) in [5.41, 5.74) is 5.82. The molecule has 5 rings (SSSR count). The van der Waals surface area contributed by atoms with E-state index in [1.807, 2.05) is 0 Å². The molecule has 1 aliphatic rings. The maximum atomic E-state index is 2.61. The van der Waals surface area contributed by atoms with Gasteiger partial charge in [-0.3, -0.25) is 0 Å². The van der Waals surface area contributed by atoms with Gasteiger partial charge in [-0.25, -0.2) is 0 Å². The molecule has 0 atom stereocenters. The van der Waals surface area contributed by atoms with Crippen LogP contribution >= 0.6 is 0 Å². The summed E-state index contributed by atoms with van der Waals surface area (Å²) in [5.74, 6) is 0. The Kier molecular flexibility index (Phi) is 5.16. The summed E-state index contributed by atoms with van der Waals surface area (Å²) in [6, 6.07) is 27.1. The van der Waals surface area contributed by atoms with Crippen LogP contribution in [0.4, 0.5) is 11.4 Å². The highest BCUT2D eigenvalue weighted by molar-refractivity contribution is 6.14. The second-order valence-electron chi connectivity index (χ2n) is 12.0. The van der Waals surface area contributed by atoms with Crippen molar-refractivity contribution in [1.82, 2.24) is 0 Å². The summed E-state index contributed by atoms with van der Waals surface area (Å²) in [6.45, 7) is 17.0. The molecule has 0 bridgehead atoms. The Bertz CT molecular complexity index is 1220. The van der Waals surface area contributed by atoms with Crippen molar-refractivity contribution in [1.29, 1.82) is 0 Å². The average molecular weight is 437 g/mol. The van der Waals surface area contributed by atoms with Gasteiger partial charge in [0.2, 0.25) is 0 Å². The number of hydrogen-bond acceptors (Lipinski definition) is 2. The molecule has 0 aliphatic carbocycles. The van der Waals surface area contributed by atoms with Gasteiger partial charge in [0.25, 0.3) is 0 Å². The van der Waals surface area contributed by atoms with E-state index in [9.17, 15) is 0 Å². The maximum Gasteiger partial charge on any atom is 0.0903 e. The van der Waals surface area contributed by atoms with Crippen molar-refractivity contribution >= 4 is 32.9 Å². The van der Waals surface area contributed by atoms with Gasteiger partial charge >= 0.3 is 0 Å².